The maximum absolute atomic E-state index is 6.73. The summed E-state index contributed by atoms with van der Waals surface area (Å²) < 4.78 is 9.14. The van der Waals surface area contributed by atoms with Gasteiger partial charge in [0.05, 0.1) is 11.0 Å². The average molecular weight is 1040 g/mol. The van der Waals surface area contributed by atoms with Crippen LogP contribution in [0, 0.1) is 6.92 Å². The van der Waals surface area contributed by atoms with Gasteiger partial charge in [0.15, 0.2) is 17.5 Å². The zero-order valence-electron chi connectivity index (χ0n) is 44.3. The first-order chi connectivity index (χ1) is 40.0. The van der Waals surface area contributed by atoms with Gasteiger partial charge in [0.2, 0.25) is 0 Å². The number of hydrogen-bond donors (Lipinski definition) is 0. The second-order valence-corrected chi connectivity index (χ2v) is 20.9. The third-order valence-corrected chi connectivity index (χ3v) is 15.7. The molecule has 0 bridgehead atoms. The van der Waals surface area contributed by atoms with Crippen LogP contribution in [-0.2, 0) is 0 Å². The van der Waals surface area contributed by atoms with Gasteiger partial charge in [-0.05, 0) is 135 Å². The van der Waals surface area contributed by atoms with Gasteiger partial charge in [0.25, 0.3) is 0 Å². The highest BCUT2D eigenvalue weighted by Gasteiger charge is 2.19. The minimum atomic E-state index is 0.622. The molecule has 81 heavy (non-hydrogen) atoms. The number of nitrogens with zero attached hydrogens (tertiary/aromatic N) is 4. The predicted octanol–water partition coefficient (Wildman–Crippen LogP) is 20.2. The Labute approximate surface area is 469 Å². The molecule has 12 aromatic carbocycles. The molecular formula is C76H50N4O. The number of benzene rings is 12. The Morgan fingerprint density at radius 3 is 1.38 bits per heavy atom. The maximum Gasteiger partial charge on any atom is 0.164 e. The molecule has 5 heteroatoms. The van der Waals surface area contributed by atoms with Crippen LogP contribution in [0.3, 0.4) is 0 Å². The van der Waals surface area contributed by atoms with E-state index < -0.39 is 0 Å². The first kappa shape index (κ1) is 47.5. The molecule has 15 aromatic rings. The van der Waals surface area contributed by atoms with Crippen molar-refractivity contribution in [2.24, 2.45) is 0 Å². The van der Waals surface area contributed by atoms with Crippen LogP contribution >= 0.6 is 0 Å². The van der Waals surface area contributed by atoms with E-state index in [1.807, 2.05) is 66.7 Å². The molecule has 0 atom stereocenters. The molecule has 3 heterocycles. The van der Waals surface area contributed by atoms with Gasteiger partial charge in [-0.2, -0.15) is 0 Å². The standard InChI is InChI=1S/C76H50N4O/c1-49-17-12-22-54(41-49)56-24-13-26-58(42-56)61-39-40-71-68(46-61)65-31-8-10-33-70(65)80(71)64-30-16-28-60(45-64)57-25-14-27-59(43-57)63-47-67(73-69(48-63)66-32-9-11-34-72(66)81-73)51-37-35-50(36-38-51)55-23-15-29-62(44-55)76-78-74(52-18-4-2-5-19-52)77-75(79-76)53-20-6-3-7-21-53/h2-48H,1H3. The Hall–Kier alpha value is -10.8. The van der Waals surface area contributed by atoms with Crippen molar-refractivity contribution >= 4 is 43.7 Å². The van der Waals surface area contributed by atoms with Gasteiger partial charge in [-0.1, -0.05) is 224 Å². The largest absolute Gasteiger partial charge is 0.455 e. The van der Waals surface area contributed by atoms with E-state index in [-0.39, 0.29) is 0 Å². The molecule has 0 aliphatic carbocycles. The molecule has 15 rings (SSSR count). The fourth-order valence-corrected chi connectivity index (χ4v) is 11.7. The van der Waals surface area contributed by atoms with Crippen LogP contribution in [0.2, 0.25) is 0 Å². The predicted molar refractivity (Wildman–Crippen MR) is 335 cm³/mol. The van der Waals surface area contributed by atoms with Crippen molar-refractivity contribution < 1.29 is 4.42 Å². The van der Waals surface area contributed by atoms with Crippen LogP contribution in [0.4, 0.5) is 0 Å². The molecule has 0 spiro atoms. The zero-order chi connectivity index (χ0) is 53.8. The van der Waals surface area contributed by atoms with Gasteiger partial charge in [-0.3, -0.25) is 0 Å². The van der Waals surface area contributed by atoms with Crippen LogP contribution < -0.4 is 0 Å². The summed E-state index contributed by atoms with van der Waals surface area (Å²) in [6.45, 7) is 2.15. The third-order valence-electron chi connectivity index (χ3n) is 15.7. The molecule has 0 amide bonds. The summed E-state index contributed by atoms with van der Waals surface area (Å²) in [5.74, 6) is 1.89. The van der Waals surface area contributed by atoms with Crippen LogP contribution in [0.1, 0.15) is 5.56 Å². The Balaban J connectivity index is 0.771. The lowest BCUT2D eigenvalue weighted by Gasteiger charge is -2.13. The van der Waals surface area contributed by atoms with Gasteiger partial charge >= 0.3 is 0 Å². The summed E-state index contributed by atoms with van der Waals surface area (Å²) in [6, 6.07) is 102. The number of para-hydroxylation sites is 2. The molecule has 0 N–H and O–H groups in total. The molecule has 0 saturated carbocycles. The van der Waals surface area contributed by atoms with E-state index in [0.29, 0.717) is 17.5 Å². The molecule has 3 aromatic heterocycles. The molecule has 5 nitrogen and oxygen atoms in total. The molecule has 0 aliphatic heterocycles. The Kier molecular flexibility index (Phi) is 11.7. The maximum atomic E-state index is 6.73. The number of fused-ring (bicyclic) bond motifs is 6. The highest BCUT2D eigenvalue weighted by molar-refractivity contribution is 6.12. The number of hydrogen-bond acceptors (Lipinski definition) is 4. The lowest BCUT2D eigenvalue weighted by Crippen LogP contribution is -2.00. The summed E-state index contributed by atoms with van der Waals surface area (Å²) in [7, 11) is 0. The Bertz CT molecular complexity index is 4820. The zero-order valence-corrected chi connectivity index (χ0v) is 44.3. The van der Waals surface area contributed by atoms with Gasteiger partial charge in [0.1, 0.15) is 11.2 Å². The minimum Gasteiger partial charge on any atom is -0.455 e. The van der Waals surface area contributed by atoms with E-state index in [2.05, 4.69) is 230 Å². The molecule has 0 saturated heterocycles. The highest BCUT2D eigenvalue weighted by atomic mass is 16.3. The van der Waals surface area contributed by atoms with E-state index in [9.17, 15) is 0 Å². The highest BCUT2D eigenvalue weighted by Crippen LogP contribution is 2.42. The fraction of sp³-hybridized carbons (Fsp3) is 0.0132. The SMILES string of the molecule is Cc1cccc(-c2cccc(-c3ccc4c(c3)c3ccccc3n4-c3cccc(-c4cccc(-c5cc(-c6ccc(-c7cccc(-c8nc(-c9ccccc9)nc(-c9ccccc9)n8)c7)cc6)c6oc7ccccc7c6c5)c4)c3)c2)c1. The van der Waals surface area contributed by atoms with E-state index in [1.165, 1.54) is 49.6 Å². The van der Waals surface area contributed by atoms with E-state index in [0.717, 1.165) is 88.8 Å². The van der Waals surface area contributed by atoms with Crippen molar-refractivity contribution in [2.45, 2.75) is 6.92 Å². The van der Waals surface area contributed by atoms with Crippen LogP contribution in [0.25, 0.3) is 150 Å². The summed E-state index contributed by atoms with van der Waals surface area (Å²) in [5, 5.41) is 4.62. The van der Waals surface area contributed by atoms with Crippen molar-refractivity contribution in [3.05, 3.63) is 291 Å². The molecule has 380 valence electrons. The van der Waals surface area contributed by atoms with E-state index in [1.54, 1.807) is 0 Å². The fourth-order valence-electron chi connectivity index (χ4n) is 11.7. The van der Waals surface area contributed by atoms with Crippen molar-refractivity contribution in [1.82, 2.24) is 19.5 Å². The molecule has 0 aliphatic rings. The van der Waals surface area contributed by atoms with Crippen molar-refractivity contribution in [3.8, 4) is 107 Å². The lowest BCUT2D eigenvalue weighted by atomic mass is 9.93. The number of rotatable bonds is 10. The topological polar surface area (TPSA) is 56.7 Å². The van der Waals surface area contributed by atoms with Crippen LogP contribution in [-0.4, -0.2) is 19.5 Å². The summed E-state index contributed by atoms with van der Waals surface area (Å²) >= 11 is 0. The summed E-state index contributed by atoms with van der Waals surface area (Å²) in [4.78, 5) is 14.9. The smallest absolute Gasteiger partial charge is 0.164 e. The van der Waals surface area contributed by atoms with Crippen LogP contribution in [0.5, 0.6) is 0 Å². The molecule has 0 fully saturated rings. The van der Waals surface area contributed by atoms with Crippen molar-refractivity contribution in [3.63, 3.8) is 0 Å². The number of aromatic nitrogens is 4. The van der Waals surface area contributed by atoms with Crippen molar-refractivity contribution in [1.29, 1.82) is 0 Å². The second-order valence-electron chi connectivity index (χ2n) is 20.9. The Morgan fingerprint density at radius 1 is 0.272 bits per heavy atom. The number of aryl methyl sites for hydroxylation is 1. The molecule has 0 radical (unpaired) electrons. The normalized spacial score (nSPS) is 11.5. The molecule has 0 unspecified atom stereocenters. The quantitative estimate of drug-likeness (QED) is 0.137. The minimum absolute atomic E-state index is 0.622. The first-order valence-electron chi connectivity index (χ1n) is 27.5. The number of furan rings is 1. The van der Waals surface area contributed by atoms with Gasteiger partial charge in [-0.15, -0.1) is 0 Å². The van der Waals surface area contributed by atoms with E-state index in [4.69, 9.17) is 19.4 Å². The monoisotopic (exact) mass is 1030 g/mol. The lowest BCUT2D eigenvalue weighted by molar-refractivity contribution is 0.670. The summed E-state index contributed by atoms with van der Waals surface area (Å²) in [5.41, 5.74) is 22.8. The first-order valence-corrected chi connectivity index (χ1v) is 27.5. The van der Waals surface area contributed by atoms with Crippen molar-refractivity contribution in [2.75, 3.05) is 0 Å². The van der Waals surface area contributed by atoms with E-state index >= 15 is 0 Å². The summed E-state index contributed by atoms with van der Waals surface area (Å²) in [6.07, 6.45) is 0. The average Bonchev–Trinajstić information content (AvgIpc) is 4.33. The third kappa shape index (κ3) is 8.84. The van der Waals surface area contributed by atoms with Gasteiger partial charge in [-0.25, -0.2) is 15.0 Å². The van der Waals surface area contributed by atoms with Gasteiger partial charge in [0, 0.05) is 49.5 Å². The van der Waals surface area contributed by atoms with Gasteiger partial charge < -0.3 is 8.98 Å². The molecular weight excluding hydrogens is 985 g/mol. The Morgan fingerprint density at radius 2 is 0.716 bits per heavy atom. The second kappa shape index (κ2) is 19.9. The van der Waals surface area contributed by atoms with Crippen LogP contribution in [0.15, 0.2) is 290 Å².